The Labute approximate surface area is 117 Å². The highest BCUT2D eigenvalue weighted by atomic mass is 32.2. The molecule has 0 saturated heterocycles. The molecule has 6 nitrogen and oxygen atoms in total. The lowest BCUT2D eigenvalue weighted by atomic mass is 10.2. The summed E-state index contributed by atoms with van der Waals surface area (Å²) in [5, 5.41) is -0.159. The third kappa shape index (κ3) is 3.25. The van der Waals surface area contributed by atoms with Gasteiger partial charge in [0.05, 0.1) is 12.8 Å². The van der Waals surface area contributed by atoms with Crippen molar-refractivity contribution in [3.63, 3.8) is 0 Å². The highest BCUT2D eigenvalue weighted by molar-refractivity contribution is 7.89. The number of aromatic nitrogens is 1. The van der Waals surface area contributed by atoms with Crippen LogP contribution in [0.5, 0.6) is 5.75 Å². The summed E-state index contributed by atoms with van der Waals surface area (Å²) in [6.45, 7) is 0.155. The van der Waals surface area contributed by atoms with Crippen LogP contribution in [0.4, 0.5) is 5.69 Å². The van der Waals surface area contributed by atoms with E-state index in [1.807, 2.05) is 0 Å². The average Bonchev–Trinajstić information content (AvgIpc) is 2.46. The topological polar surface area (TPSA) is 94.3 Å². The molecule has 3 N–H and O–H groups in total. The van der Waals surface area contributed by atoms with E-state index in [0.717, 1.165) is 5.56 Å². The van der Waals surface area contributed by atoms with Crippen molar-refractivity contribution in [3.05, 3.63) is 48.2 Å². The van der Waals surface area contributed by atoms with E-state index < -0.39 is 10.0 Å². The van der Waals surface area contributed by atoms with E-state index in [1.165, 1.54) is 12.3 Å². The zero-order chi connectivity index (χ0) is 14.6. The van der Waals surface area contributed by atoms with Crippen LogP contribution >= 0.6 is 0 Å². The van der Waals surface area contributed by atoms with Crippen molar-refractivity contribution < 1.29 is 13.2 Å². The molecule has 1 aromatic heterocycles. The van der Waals surface area contributed by atoms with Gasteiger partial charge >= 0.3 is 0 Å². The van der Waals surface area contributed by atoms with Gasteiger partial charge in [-0.3, -0.25) is 0 Å². The molecule has 7 heteroatoms. The molecule has 20 heavy (non-hydrogen) atoms. The van der Waals surface area contributed by atoms with E-state index in [4.69, 9.17) is 10.5 Å². The molecule has 0 aliphatic carbocycles. The van der Waals surface area contributed by atoms with Crippen LogP contribution < -0.4 is 15.2 Å². The molecule has 0 atom stereocenters. The SMILES string of the molecule is COc1ccc(CNS(=O)(=O)c2ncccc2N)cc1. The molecule has 0 radical (unpaired) electrons. The van der Waals surface area contributed by atoms with Gasteiger partial charge in [0.15, 0.2) is 5.03 Å². The van der Waals surface area contributed by atoms with Gasteiger partial charge in [0, 0.05) is 12.7 Å². The van der Waals surface area contributed by atoms with Crippen LogP contribution in [0.15, 0.2) is 47.6 Å². The lowest BCUT2D eigenvalue weighted by molar-refractivity contribution is 0.414. The highest BCUT2D eigenvalue weighted by Gasteiger charge is 2.18. The summed E-state index contributed by atoms with van der Waals surface area (Å²) in [6, 6.07) is 10.2. The summed E-state index contributed by atoms with van der Waals surface area (Å²) in [5.74, 6) is 0.713. The highest BCUT2D eigenvalue weighted by Crippen LogP contribution is 2.15. The normalized spacial score (nSPS) is 11.2. The fraction of sp³-hybridized carbons (Fsp3) is 0.154. The van der Waals surface area contributed by atoms with Gasteiger partial charge in [0.2, 0.25) is 0 Å². The van der Waals surface area contributed by atoms with Crippen LogP contribution in [0.2, 0.25) is 0 Å². The van der Waals surface area contributed by atoms with Crippen LogP contribution in [0.1, 0.15) is 5.56 Å². The fourth-order valence-electron chi connectivity index (χ4n) is 1.62. The van der Waals surface area contributed by atoms with Crippen LogP contribution in [0.25, 0.3) is 0 Å². The molecule has 1 aromatic carbocycles. The molecule has 106 valence electrons. The number of pyridine rings is 1. The van der Waals surface area contributed by atoms with E-state index in [9.17, 15) is 8.42 Å². The maximum atomic E-state index is 12.1. The molecule has 0 aliphatic heterocycles. The number of anilines is 1. The van der Waals surface area contributed by atoms with E-state index in [2.05, 4.69) is 9.71 Å². The number of nitrogens with zero attached hydrogens (tertiary/aromatic N) is 1. The maximum absolute atomic E-state index is 12.1. The minimum absolute atomic E-state index is 0.120. The molecule has 0 spiro atoms. The number of hydrogen-bond donors (Lipinski definition) is 2. The van der Waals surface area contributed by atoms with Crippen molar-refractivity contribution in [1.29, 1.82) is 0 Å². The summed E-state index contributed by atoms with van der Waals surface area (Å²) >= 11 is 0. The summed E-state index contributed by atoms with van der Waals surface area (Å²) < 4.78 is 31.6. The van der Waals surface area contributed by atoms with Crippen molar-refractivity contribution in [3.8, 4) is 5.75 Å². The smallest absolute Gasteiger partial charge is 0.260 e. The second-order valence-corrected chi connectivity index (χ2v) is 5.75. The number of nitrogens with one attached hydrogen (secondary N) is 1. The molecule has 0 fully saturated rings. The van der Waals surface area contributed by atoms with Crippen molar-refractivity contribution in [2.45, 2.75) is 11.6 Å². The molecule has 0 aliphatic rings. The number of nitrogens with two attached hydrogens (primary N) is 1. The predicted molar refractivity (Wildman–Crippen MR) is 75.7 cm³/mol. The largest absolute Gasteiger partial charge is 0.497 e. The Bertz CT molecular complexity index is 684. The third-order valence-corrected chi connectivity index (χ3v) is 4.06. The Balaban J connectivity index is 2.11. The molecule has 0 unspecified atom stereocenters. The Morgan fingerprint density at radius 2 is 1.95 bits per heavy atom. The van der Waals surface area contributed by atoms with Gasteiger partial charge < -0.3 is 10.5 Å². The first kappa shape index (κ1) is 14.3. The number of nitrogen functional groups attached to an aromatic ring is 1. The van der Waals surface area contributed by atoms with Gasteiger partial charge in [0.25, 0.3) is 10.0 Å². The Morgan fingerprint density at radius 3 is 2.55 bits per heavy atom. The van der Waals surface area contributed by atoms with E-state index in [-0.39, 0.29) is 17.3 Å². The van der Waals surface area contributed by atoms with Crippen LogP contribution in [-0.2, 0) is 16.6 Å². The van der Waals surface area contributed by atoms with Crippen molar-refractivity contribution >= 4 is 15.7 Å². The average molecular weight is 293 g/mol. The number of benzene rings is 1. The van der Waals surface area contributed by atoms with Gasteiger partial charge in [-0.2, -0.15) is 0 Å². The van der Waals surface area contributed by atoms with Gasteiger partial charge in [0.1, 0.15) is 5.75 Å². The van der Waals surface area contributed by atoms with Crippen molar-refractivity contribution in [2.75, 3.05) is 12.8 Å². The predicted octanol–water partition coefficient (Wildman–Crippen LogP) is 1.15. The van der Waals surface area contributed by atoms with Gasteiger partial charge in [-0.05, 0) is 29.8 Å². The molecule has 0 saturated carbocycles. The van der Waals surface area contributed by atoms with Crippen molar-refractivity contribution in [2.24, 2.45) is 0 Å². The maximum Gasteiger partial charge on any atom is 0.260 e. The quantitative estimate of drug-likeness (QED) is 0.862. The van der Waals surface area contributed by atoms with Crippen LogP contribution in [-0.4, -0.2) is 20.5 Å². The van der Waals surface area contributed by atoms with Gasteiger partial charge in [-0.15, -0.1) is 0 Å². The molecule has 1 heterocycles. The lowest BCUT2D eigenvalue weighted by Gasteiger charge is -2.08. The van der Waals surface area contributed by atoms with Gasteiger partial charge in [-0.25, -0.2) is 18.1 Å². The van der Waals surface area contributed by atoms with E-state index in [1.54, 1.807) is 37.4 Å². The lowest BCUT2D eigenvalue weighted by Crippen LogP contribution is -2.25. The first-order valence-corrected chi connectivity index (χ1v) is 7.34. The Morgan fingerprint density at radius 1 is 1.25 bits per heavy atom. The summed E-state index contributed by atoms with van der Waals surface area (Å²) in [4.78, 5) is 3.79. The third-order valence-electron chi connectivity index (χ3n) is 2.68. The molecule has 2 aromatic rings. The van der Waals surface area contributed by atoms with Crippen LogP contribution in [0, 0.1) is 0 Å². The molecule has 0 bridgehead atoms. The van der Waals surface area contributed by atoms with Gasteiger partial charge in [-0.1, -0.05) is 12.1 Å². The second-order valence-electron chi connectivity index (χ2n) is 4.07. The number of ether oxygens (including phenoxy) is 1. The standard InChI is InChI=1S/C13H15N3O3S/c1-19-11-6-4-10(5-7-11)9-16-20(17,18)13-12(14)3-2-8-15-13/h2-8,16H,9,14H2,1H3. The zero-order valence-corrected chi connectivity index (χ0v) is 11.7. The number of methoxy groups -OCH3 is 1. The number of sulfonamides is 1. The first-order valence-electron chi connectivity index (χ1n) is 5.86. The first-order chi connectivity index (χ1) is 9.53. The van der Waals surface area contributed by atoms with E-state index in [0.29, 0.717) is 5.75 Å². The van der Waals surface area contributed by atoms with Crippen LogP contribution in [0.3, 0.4) is 0 Å². The Hall–Kier alpha value is -2.12. The summed E-state index contributed by atoms with van der Waals surface area (Å²) in [6.07, 6.45) is 1.39. The number of hydrogen-bond acceptors (Lipinski definition) is 5. The monoisotopic (exact) mass is 293 g/mol. The minimum atomic E-state index is -3.72. The zero-order valence-electron chi connectivity index (χ0n) is 10.9. The minimum Gasteiger partial charge on any atom is -0.497 e. The molecule has 2 rings (SSSR count). The summed E-state index contributed by atoms with van der Waals surface area (Å²) in [5.41, 5.74) is 6.54. The Kier molecular flexibility index (Phi) is 4.21. The van der Waals surface area contributed by atoms with Crippen molar-refractivity contribution in [1.82, 2.24) is 9.71 Å². The molecular weight excluding hydrogens is 278 g/mol. The fourth-order valence-corrected chi connectivity index (χ4v) is 2.69. The summed E-state index contributed by atoms with van der Waals surface area (Å²) in [7, 11) is -2.15. The van der Waals surface area contributed by atoms with E-state index >= 15 is 0 Å². The second kappa shape index (κ2) is 5.89. The molecular formula is C13H15N3O3S. The number of rotatable bonds is 5. The molecule has 0 amide bonds.